The van der Waals surface area contributed by atoms with Crippen LogP contribution < -0.4 is 10.0 Å². The highest BCUT2D eigenvalue weighted by atomic mass is 32.2. The highest BCUT2D eigenvalue weighted by molar-refractivity contribution is 7.89. The van der Waals surface area contributed by atoms with Gasteiger partial charge in [0.25, 0.3) is 0 Å². The van der Waals surface area contributed by atoms with Gasteiger partial charge in [0.15, 0.2) is 0 Å². The Morgan fingerprint density at radius 3 is 2.64 bits per heavy atom. The van der Waals surface area contributed by atoms with Crippen LogP contribution in [0.25, 0.3) is 0 Å². The lowest BCUT2D eigenvalue weighted by molar-refractivity contribution is -0.122. The third-order valence-electron chi connectivity index (χ3n) is 3.58. The van der Waals surface area contributed by atoms with Gasteiger partial charge in [0, 0.05) is 13.2 Å². The number of amides is 1. The van der Waals surface area contributed by atoms with Crippen molar-refractivity contribution in [1.29, 1.82) is 0 Å². The summed E-state index contributed by atoms with van der Waals surface area (Å²) in [7, 11) is -3.70. The van der Waals surface area contributed by atoms with Crippen molar-refractivity contribution in [2.45, 2.75) is 43.7 Å². The Morgan fingerprint density at radius 2 is 2.05 bits per heavy atom. The molecule has 6 nitrogen and oxygen atoms in total. The first kappa shape index (κ1) is 16.9. The molecule has 2 rings (SSSR count). The molecule has 22 heavy (non-hydrogen) atoms. The molecule has 0 unspecified atom stereocenters. The summed E-state index contributed by atoms with van der Waals surface area (Å²) in [4.78, 5) is 12.1. The molecule has 2 N–H and O–H groups in total. The van der Waals surface area contributed by atoms with Gasteiger partial charge in [-0.05, 0) is 38.8 Å². The number of carbonyl (C=O) groups is 1. The molecule has 122 valence electrons. The van der Waals surface area contributed by atoms with Crippen molar-refractivity contribution >= 4 is 15.9 Å². The van der Waals surface area contributed by atoms with Crippen molar-refractivity contribution in [1.82, 2.24) is 10.0 Å². The monoisotopic (exact) mass is 326 g/mol. The number of nitrogens with one attached hydrogen (secondary N) is 2. The lowest BCUT2D eigenvalue weighted by Crippen LogP contribution is -2.46. The zero-order chi connectivity index (χ0) is 16.2. The zero-order valence-electron chi connectivity index (χ0n) is 12.8. The molecular formula is C15H22N2O4S. The number of hydrogen-bond acceptors (Lipinski definition) is 4. The summed E-state index contributed by atoms with van der Waals surface area (Å²) >= 11 is 0. The summed E-state index contributed by atoms with van der Waals surface area (Å²) in [6.07, 6.45) is 1.95. The van der Waals surface area contributed by atoms with Gasteiger partial charge in [-0.25, -0.2) is 8.42 Å². The Morgan fingerprint density at radius 1 is 1.36 bits per heavy atom. The summed E-state index contributed by atoms with van der Waals surface area (Å²) < 4.78 is 32.2. The van der Waals surface area contributed by atoms with Crippen LogP contribution in [0.1, 0.15) is 25.3 Å². The molecule has 2 atom stereocenters. The van der Waals surface area contributed by atoms with Gasteiger partial charge in [-0.1, -0.05) is 17.7 Å². The highest BCUT2D eigenvalue weighted by Gasteiger charge is 2.23. The van der Waals surface area contributed by atoms with E-state index in [2.05, 4.69) is 10.0 Å². The molecule has 1 aromatic carbocycles. The first-order chi connectivity index (χ1) is 10.4. The van der Waals surface area contributed by atoms with Crippen LogP contribution in [0.4, 0.5) is 0 Å². The molecule has 1 aliphatic heterocycles. The Balaban J connectivity index is 1.90. The Hall–Kier alpha value is -1.44. The molecule has 1 saturated heterocycles. The average Bonchev–Trinajstić information content (AvgIpc) is 2.98. The van der Waals surface area contributed by atoms with Crippen LogP contribution in [-0.4, -0.2) is 39.6 Å². The Bertz CT molecular complexity index is 607. The Kier molecular flexibility index (Phi) is 5.55. The van der Waals surface area contributed by atoms with Gasteiger partial charge in [0.2, 0.25) is 15.9 Å². The predicted octanol–water partition coefficient (Wildman–Crippen LogP) is 0.957. The first-order valence-corrected chi connectivity index (χ1v) is 8.85. The van der Waals surface area contributed by atoms with E-state index in [-0.39, 0.29) is 16.9 Å². The molecule has 7 heteroatoms. The molecule has 0 aliphatic carbocycles. The number of carbonyl (C=O) groups excluding carboxylic acids is 1. The molecule has 0 radical (unpaired) electrons. The zero-order valence-corrected chi connectivity index (χ0v) is 13.7. The van der Waals surface area contributed by atoms with Gasteiger partial charge in [0.1, 0.15) is 0 Å². The van der Waals surface area contributed by atoms with E-state index in [1.165, 1.54) is 19.1 Å². The normalized spacial score (nSPS) is 19.8. The van der Waals surface area contributed by atoms with Crippen LogP contribution >= 0.6 is 0 Å². The fraction of sp³-hybridized carbons (Fsp3) is 0.533. The second-order valence-electron chi connectivity index (χ2n) is 5.54. The van der Waals surface area contributed by atoms with E-state index in [0.717, 1.165) is 25.0 Å². The number of rotatable bonds is 6. The van der Waals surface area contributed by atoms with Crippen LogP contribution in [0.5, 0.6) is 0 Å². The molecule has 1 fully saturated rings. The van der Waals surface area contributed by atoms with Crippen LogP contribution in [-0.2, 0) is 19.6 Å². The Labute approximate surface area is 131 Å². The molecule has 0 bridgehead atoms. The van der Waals surface area contributed by atoms with E-state index >= 15 is 0 Å². The molecule has 1 aliphatic rings. The van der Waals surface area contributed by atoms with Gasteiger partial charge in [-0.3, -0.25) is 4.79 Å². The molecule has 0 saturated carbocycles. The van der Waals surface area contributed by atoms with Crippen molar-refractivity contribution in [3.63, 3.8) is 0 Å². The molecule has 1 aromatic rings. The molecule has 0 spiro atoms. The van der Waals surface area contributed by atoms with Crippen molar-refractivity contribution < 1.29 is 17.9 Å². The summed E-state index contributed by atoms with van der Waals surface area (Å²) in [5.74, 6) is -0.355. The standard InChI is InChI=1S/C15H22N2O4S/c1-11-5-7-14(8-6-11)22(19,20)17-12(2)15(18)16-10-13-4-3-9-21-13/h5-8,12-13,17H,3-4,9-10H2,1-2H3,(H,16,18)/t12-,13-/m0/s1. The van der Waals surface area contributed by atoms with Crippen molar-refractivity contribution in [2.75, 3.05) is 13.2 Å². The number of benzene rings is 1. The van der Waals surface area contributed by atoms with E-state index in [0.29, 0.717) is 6.54 Å². The fourth-order valence-electron chi connectivity index (χ4n) is 2.24. The fourth-order valence-corrected chi connectivity index (χ4v) is 3.45. The SMILES string of the molecule is Cc1ccc(S(=O)(=O)N[C@@H](C)C(=O)NC[C@@H]2CCCO2)cc1. The second-order valence-corrected chi connectivity index (χ2v) is 7.25. The maximum atomic E-state index is 12.2. The quantitative estimate of drug-likeness (QED) is 0.815. The third kappa shape index (κ3) is 4.53. The average molecular weight is 326 g/mol. The van der Waals surface area contributed by atoms with E-state index in [1.54, 1.807) is 12.1 Å². The molecule has 1 heterocycles. The minimum atomic E-state index is -3.70. The minimum absolute atomic E-state index is 0.0323. The lowest BCUT2D eigenvalue weighted by Gasteiger charge is -2.16. The maximum absolute atomic E-state index is 12.2. The number of sulfonamides is 1. The van der Waals surface area contributed by atoms with Gasteiger partial charge in [-0.15, -0.1) is 0 Å². The number of aryl methyl sites for hydroxylation is 1. The van der Waals surface area contributed by atoms with Gasteiger partial charge in [-0.2, -0.15) is 4.72 Å². The summed E-state index contributed by atoms with van der Waals surface area (Å²) in [6.45, 7) is 4.53. The summed E-state index contributed by atoms with van der Waals surface area (Å²) in [5, 5.41) is 2.72. The van der Waals surface area contributed by atoms with Gasteiger partial charge >= 0.3 is 0 Å². The molecule has 0 aromatic heterocycles. The van der Waals surface area contributed by atoms with E-state index < -0.39 is 16.1 Å². The largest absolute Gasteiger partial charge is 0.376 e. The topological polar surface area (TPSA) is 84.5 Å². The summed E-state index contributed by atoms with van der Waals surface area (Å²) in [5.41, 5.74) is 0.973. The van der Waals surface area contributed by atoms with Crippen molar-refractivity contribution in [3.8, 4) is 0 Å². The third-order valence-corrected chi connectivity index (χ3v) is 5.14. The van der Waals surface area contributed by atoms with Gasteiger partial charge < -0.3 is 10.1 Å². The maximum Gasteiger partial charge on any atom is 0.241 e. The summed E-state index contributed by atoms with van der Waals surface area (Å²) in [6, 6.07) is 5.64. The first-order valence-electron chi connectivity index (χ1n) is 7.37. The van der Waals surface area contributed by atoms with E-state index in [9.17, 15) is 13.2 Å². The van der Waals surface area contributed by atoms with Crippen LogP contribution in [0.2, 0.25) is 0 Å². The predicted molar refractivity (Wildman–Crippen MR) is 82.9 cm³/mol. The minimum Gasteiger partial charge on any atom is -0.376 e. The van der Waals surface area contributed by atoms with Crippen LogP contribution in [0.15, 0.2) is 29.2 Å². The highest BCUT2D eigenvalue weighted by Crippen LogP contribution is 2.12. The molecule has 1 amide bonds. The van der Waals surface area contributed by atoms with Gasteiger partial charge in [0.05, 0.1) is 17.0 Å². The molecular weight excluding hydrogens is 304 g/mol. The second kappa shape index (κ2) is 7.21. The van der Waals surface area contributed by atoms with E-state index in [1.807, 2.05) is 6.92 Å². The van der Waals surface area contributed by atoms with Crippen molar-refractivity contribution in [2.24, 2.45) is 0 Å². The van der Waals surface area contributed by atoms with Crippen LogP contribution in [0, 0.1) is 6.92 Å². The smallest absolute Gasteiger partial charge is 0.241 e. The van der Waals surface area contributed by atoms with Crippen molar-refractivity contribution in [3.05, 3.63) is 29.8 Å². The number of ether oxygens (including phenoxy) is 1. The lowest BCUT2D eigenvalue weighted by atomic mass is 10.2. The number of hydrogen-bond donors (Lipinski definition) is 2. The van der Waals surface area contributed by atoms with Crippen LogP contribution in [0.3, 0.4) is 0 Å². The van der Waals surface area contributed by atoms with E-state index in [4.69, 9.17) is 4.74 Å².